The van der Waals surface area contributed by atoms with E-state index in [-0.39, 0.29) is 24.3 Å². The summed E-state index contributed by atoms with van der Waals surface area (Å²) in [6.45, 7) is 5.25. The van der Waals surface area contributed by atoms with Gasteiger partial charge in [-0.15, -0.1) is 0 Å². The van der Waals surface area contributed by atoms with Crippen molar-refractivity contribution in [2.75, 3.05) is 22.5 Å². The van der Waals surface area contributed by atoms with Gasteiger partial charge in [0.25, 0.3) is 0 Å². The van der Waals surface area contributed by atoms with Gasteiger partial charge < -0.3 is 10.1 Å². The maximum Gasteiger partial charge on any atom is 0.338 e. The standard InChI is InChI=1S/C21H25FN2O5S/c1-5-18(24(30(4,27)28)19-10-8-7-9-16(19)22)20(25)23-17-13-15(12-11-14(17)3)21(26)29-6-2/h7-13,18H,5-6H2,1-4H3,(H,23,25)/t18-/m1/s1. The minimum Gasteiger partial charge on any atom is -0.462 e. The van der Waals surface area contributed by atoms with Gasteiger partial charge in [0.2, 0.25) is 15.9 Å². The fraction of sp³-hybridized carbons (Fsp3) is 0.333. The number of amides is 1. The minimum absolute atomic E-state index is 0.101. The van der Waals surface area contributed by atoms with Gasteiger partial charge in [-0.3, -0.25) is 9.10 Å². The number of nitrogens with one attached hydrogen (secondary N) is 1. The number of anilines is 2. The van der Waals surface area contributed by atoms with Crippen LogP contribution >= 0.6 is 0 Å². The third kappa shape index (κ3) is 5.35. The lowest BCUT2D eigenvalue weighted by Gasteiger charge is -2.30. The Kier molecular flexibility index (Phi) is 7.55. The molecule has 2 aromatic rings. The second-order valence-corrected chi connectivity index (χ2v) is 8.53. The number of halogens is 1. The molecule has 0 aliphatic heterocycles. The number of carbonyl (C=O) groups excluding carboxylic acids is 2. The molecule has 0 saturated heterocycles. The van der Waals surface area contributed by atoms with Crippen LogP contribution in [0, 0.1) is 12.7 Å². The van der Waals surface area contributed by atoms with Crippen molar-refractivity contribution >= 4 is 33.3 Å². The van der Waals surface area contributed by atoms with Crippen LogP contribution in [0.4, 0.5) is 15.8 Å². The molecule has 30 heavy (non-hydrogen) atoms. The molecule has 0 aromatic heterocycles. The van der Waals surface area contributed by atoms with Crippen LogP contribution < -0.4 is 9.62 Å². The summed E-state index contributed by atoms with van der Waals surface area (Å²) >= 11 is 0. The number of nitrogens with zero attached hydrogens (tertiary/aromatic N) is 1. The van der Waals surface area contributed by atoms with Gasteiger partial charge in [-0.05, 0) is 50.1 Å². The highest BCUT2D eigenvalue weighted by Gasteiger charge is 2.33. The number of hydrogen-bond donors (Lipinski definition) is 1. The van der Waals surface area contributed by atoms with E-state index in [1.165, 1.54) is 24.3 Å². The number of ether oxygens (including phenoxy) is 1. The Morgan fingerprint density at radius 3 is 2.40 bits per heavy atom. The summed E-state index contributed by atoms with van der Waals surface area (Å²) in [5, 5.41) is 2.67. The SMILES string of the molecule is CCOC(=O)c1ccc(C)c(NC(=O)[C@@H](CC)N(c2ccccc2F)S(C)(=O)=O)c1. The Hall–Kier alpha value is -2.94. The van der Waals surface area contributed by atoms with Gasteiger partial charge in [0.1, 0.15) is 11.9 Å². The van der Waals surface area contributed by atoms with E-state index in [9.17, 15) is 22.4 Å². The average Bonchev–Trinajstić information content (AvgIpc) is 2.67. The molecule has 2 rings (SSSR count). The topological polar surface area (TPSA) is 92.8 Å². The lowest BCUT2D eigenvalue weighted by atomic mass is 10.1. The quantitative estimate of drug-likeness (QED) is 0.640. The predicted octanol–water partition coefficient (Wildman–Crippen LogP) is 3.49. The van der Waals surface area contributed by atoms with Gasteiger partial charge in [-0.2, -0.15) is 0 Å². The fourth-order valence-corrected chi connectivity index (χ4v) is 4.19. The van der Waals surface area contributed by atoms with Gasteiger partial charge in [-0.25, -0.2) is 17.6 Å². The first-order valence-electron chi connectivity index (χ1n) is 9.42. The smallest absolute Gasteiger partial charge is 0.338 e. The van der Waals surface area contributed by atoms with Gasteiger partial charge in [0, 0.05) is 5.69 Å². The van der Waals surface area contributed by atoms with Crippen LogP contribution in [0.15, 0.2) is 42.5 Å². The molecule has 162 valence electrons. The maximum absolute atomic E-state index is 14.3. The Morgan fingerprint density at radius 2 is 1.83 bits per heavy atom. The molecule has 2 aromatic carbocycles. The monoisotopic (exact) mass is 436 g/mol. The molecule has 0 heterocycles. The molecular formula is C21H25FN2O5S. The number of aryl methyl sites for hydroxylation is 1. The summed E-state index contributed by atoms with van der Waals surface area (Å²) in [5.41, 5.74) is 1.05. The van der Waals surface area contributed by atoms with Gasteiger partial charge >= 0.3 is 5.97 Å². The fourth-order valence-electron chi connectivity index (χ4n) is 2.98. The molecule has 0 unspecified atom stereocenters. The molecule has 0 aliphatic rings. The second-order valence-electron chi connectivity index (χ2n) is 6.67. The zero-order valence-corrected chi connectivity index (χ0v) is 18.1. The summed E-state index contributed by atoms with van der Waals surface area (Å²) in [5.74, 6) is -1.94. The van der Waals surface area contributed by atoms with E-state index in [0.717, 1.165) is 16.6 Å². The molecule has 0 aliphatic carbocycles. The molecular weight excluding hydrogens is 411 g/mol. The summed E-state index contributed by atoms with van der Waals surface area (Å²) < 4.78 is 45.0. The molecule has 1 N–H and O–H groups in total. The number of rotatable bonds is 8. The van der Waals surface area contributed by atoms with E-state index >= 15 is 0 Å². The number of esters is 1. The first-order valence-corrected chi connectivity index (χ1v) is 11.3. The highest BCUT2D eigenvalue weighted by Crippen LogP contribution is 2.26. The summed E-state index contributed by atoms with van der Waals surface area (Å²) in [6.07, 6.45) is 1.02. The largest absolute Gasteiger partial charge is 0.462 e. The first kappa shape index (κ1) is 23.3. The van der Waals surface area contributed by atoms with Crippen molar-refractivity contribution in [2.24, 2.45) is 0 Å². The number of sulfonamides is 1. The molecule has 7 nitrogen and oxygen atoms in total. The van der Waals surface area contributed by atoms with Crippen molar-refractivity contribution in [3.05, 3.63) is 59.4 Å². The molecule has 1 amide bonds. The van der Waals surface area contributed by atoms with E-state index in [4.69, 9.17) is 4.74 Å². The third-order valence-electron chi connectivity index (χ3n) is 4.43. The highest BCUT2D eigenvalue weighted by molar-refractivity contribution is 7.92. The van der Waals surface area contributed by atoms with Gasteiger partial charge in [0.15, 0.2) is 0 Å². The zero-order chi connectivity index (χ0) is 22.5. The Morgan fingerprint density at radius 1 is 1.17 bits per heavy atom. The molecule has 0 saturated carbocycles. The average molecular weight is 437 g/mol. The predicted molar refractivity (Wildman–Crippen MR) is 114 cm³/mol. The molecule has 0 fully saturated rings. The van der Waals surface area contributed by atoms with Crippen molar-refractivity contribution in [1.82, 2.24) is 0 Å². The summed E-state index contributed by atoms with van der Waals surface area (Å²) in [4.78, 5) is 25.0. The molecule has 0 spiro atoms. The van der Waals surface area contributed by atoms with Crippen molar-refractivity contribution in [2.45, 2.75) is 33.2 Å². The minimum atomic E-state index is -3.97. The van der Waals surface area contributed by atoms with E-state index < -0.39 is 33.8 Å². The Balaban J connectivity index is 2.41. The van der Waals surface area contributed by atoms with Crippen LogP contribution in [0.2, 0.25) is 0 Å². The normalized spacial score (nSPS) is 12.2. The van der Waals surface area contributed by atoms with E-state index in [2.05, 4.69) is 5.32 Å². The van der Waals surface area contributed by atoms with Crippen molar-refractivity contribution in [3.63, 3.8) is 0 Å². The number of benzene rings is 2. The molecule has 1 atom stereocenters. The first-order chi connectivity index (χ1) is 14.1. The van der Waals surface area contributed by atoms with Crippen LogP contribution in [-0.2, 0) is 19.6 Å². The maximum atomic E-state index is 14.3. The number of hydrogen-bond acceptors (Lipinski definition) is 5. The van der Waals surface area contributed by atoms with E-state index in [1.54, 1.807) is 32.9 Å². The van der Waals surface area contributed by atoms with Gasteiger partial charge in [-0.1, -0.05) is 25.1 Å². The van der Waals surface area contributed by atoms with Crippen molar-refractivity contribution < 1.29 is 27.1 Å². The van der Waals surface area contributed by atoms with Crippen molar-refractivity contribution in [1.29, 1.82) is 0 Å². The zero-order valence-electron chi connectivity index (χ0n) is 17.3. The van der Waals surface area contributed by atoms with Crippen molar-refractivity contribution in [3.8, 4) is 0 Å². The Bertz CT molecular complexity index is 1040. The molecule has 9 heteroatoms. The summed E-state index contributed by atoms with van der Waals surface area (Å²) in [7, 11) is -3.97. The van der Waals surface area contributed by atoms with Crippen LogP contribution in [0.25, 0.3) is 0 Å². The molecule has 0 radical (unpaired) electrons. The van der Waals surface area contributed by atoms with Crippen LogP contribution in [0.1, 0.15) is 36.2 Å². The highest BCUT2D eigenvalue weighted by atomic mass is 32.2. The van der Waals surface area contributed by atoms with Gasteiger partial charge in [0.05, 0.1) is 24.1 Å². The number of para-hydroxylation sites is 1. The lowest BCUT2D eigenvalue weighted by Crippen LogP contribution is -2.47. The number of carbonyl (C=O) groups is 2. The summed E-state index contributed by atoms with van der Waals surface area (Å²) in [6, 6.07) is 8.85. The van der Waals surface area contributed by atoms with Crippen LogP contribution in [-0.4, -0.2) is 39.2 Å². The van der Waals surface area contributed by atoms with E-state index in [1.807, 2.05) is 0 Å². The molecule has 0 bridgehead atoms. The van der Waals surface area contributed by atoms with E-state index in [0.29, 0.717) is 11.3 Å². The second kappa shape index (κ2) is 9.71. The third-order valence-corrected chi connectivity index (χ3v) is 5.59. The lowest BCUT2D eigenvalue weighted by molar-refractivity contribution is -0.117. The van der Waals surface area contributed by atoms with Crippen LogP contribution in [0.3, 0.4) is 0 Å². The van der Waals surface area contributed by atoms with Crippen LogP contribution in [0.5, 0.6) is 0 Å². The Labute approximate surface area is 175 Å².